The van der Waals surface area contributed by atoms with Crippen LogP contribution in [0, 0.1) is 13.8 Å². The van der Waals surface area contributed by atoms with E-state index in [1.54, 1.807) is 0 Å². The number of carbonyl (C=O) groups excluding carboxylic acids is 1. The Balaban J connectivity index is 2.47. The van der Waals surface area contributed by atoms with Gasteiger partial charge >= 0.3 is 0 Å². The zero-order chi connectivity index (χ0) is 17.0. The number of amides is 1. The smallest absolute Gasteiger partial charge is 0.252 e. The number of nitrogens with one attached hydrogen (secondary N) is 1. The molecular weight excluding hydrogens is 290 g/mol. The van der Waals surface area contributed by atoms with E-state index in [-0.39, 0.29) is 6.04 Å². The van der Waals surface area contributed by atoms with Gasteiger partial charge in [-0.2, -0.15) is 0 Å². The average molecular weight is 313 g/mol. The molecule has 0 aliphatic rings. The highest BCUT2D eigenvalue weighted by Crippen LogP contribution is 2.24. The highest BCUT2D eigenvalue weighted by molar-refractivity contribution is 5.98. The van der Waals surface area contributed by atoms with E-state index in [4.69, 9.17) is 11.5 Å². The van der Waals surface area contributed by atoms with Crippen LogP contribution in [0.3, 0.4) is 0 Å². The summed E-state index contributed by atoms with van der Waals surface area (Å²) in [5.74, 6) is -0.0779. The van der Waals surface area contributed by atoms with E-state index in [1.165, 1.54) is 6.20 Å². The second-order valence-electron chi connectivity index (χ2n) is 5.82. The first-order chi connectivity index (χ1) is 10.9. The summed E-state index contributed by atoms with van der Waals surface area (Å²) in [6.07, 6.45) is 2.28. The highest BCUT2D eigenvalue weighted by atomic mass is 16.1. The number of hydrogen-bond donors (Lipinski definition) is 3. The lowest BCUT2D eigenvalue weighted by atomic mass is 10.0. The monoisotopic (exact) mass is 313 g/mol. The second kappa shape index (κ2) is 7.19. The molecule has 0 radical (unpaired) electrons. The van der Waals surface area contributed by atoms with Crippen molar-refractivity contribution in [1.82, 2.24) is 9.97 Å². The number of anilines is 1. The molecular formula is C17H23N5O. The summed E-state index contributed by atoms with van der Waals surface area (Å²) in [7, 11) is 0. The predicted molar refractivity (Wildman–Crippen MR) is 92.2 cm³/mol. The maximum Gasteiger partial charge on any atom is 0.252 e. The molecule has 0 unspecified atom stereocenters. The van der Waals surface area contributed by atoms with Crippen molar-refractivity contribution in [3.63, 3.8) is 0 Å². The van der Waals surface area contributed by atoms with E-state index in [0.717, 1.165) is 23.1 Å². The van der Waals surface area contributed by atoms with Gasteiger partial charge in [0.25, 0.3) is 5.91 Å². The molecule has 0 aliphatic carbocycles. The SMILES string of the molecule is Cc1cc(C)cc(-c2nc(N[C@H](C)CCN)ncc2C(N)=O)c1. The number of hydrogen-bond acceptors (Lipinski definition) is 5. The highest BCUT2D eigenvalue weighted by Gasteiger charge is 2.15. The van der Waals surface area contributed by atoms with Gasteiger partial charge in [-0.25, -0.2) is 9.97 Å². The first-order valence-corrected chi connectivity index (χ1v) is 7.63. The van der Waals surface area contributed by atoms with Gasteiger partial charge in [0, 0.05) is 17.8 Å². The molecule has 5 N–H and O–H groups in total. The summed E-state index contributed by atoms with van der Waals surface area (Å²) in [5, 5.41) is 3.19. The summed E-state index contributed by atoms with van der Waals surface area (Å²) in [4.78, 5) is 20.4. The van der Waals surface area contributed by atoms with Crippen molar-refractivity contribution in [2.45, 2.75) is 33.2 Å². The Morgan fingerprint density at radius 1 is 1.26 bits per heavy atom. The van der Waals surface area contributed by atoms with Crippen LogP contribution in [0.2, 0.25) is 0 Å². The second-order valence-corrected chi connectivity index (χ2v) is 5.82. The van der Waals surface area contributed by atoms with E-state index in [9.17, 15) is 4.79 Å². The zero-order valence-electron chi connectivity index (χ0n) is 13.8. The van der Waals surface area contributed by atoms with Crippen molar-refractivity contribution in [1.29, 1.82) is 0 Å². The fourth-order valence-electron chi connectivity index (χ4n) is 2.51. The standard InChI is InChI=1S/C17H23N5O/c1-10-6-11(2)8-13(7-10)15-14(16(19)23)9-20-17(22-15)21-12(3)4-5-18/h6-9,12H,4-5,18H2,1-3H3,(H2,19,23)(H,20,21,22)/t12-/m1/s1. The molecule has 6 nitrogen and oxygen atoms in total. The largest absolute Gasteiger partial charge is 0.365 e. The van der Waals surface area contributed by atoms with E-state index >= 15 is 0 Å². The molecule has 1 amide bonds. The van der Waals surface area contributed by atoms with Crippen LogP contribution in [0.25, 0.3) is 11.3 Å². The molecule has 2 aromatic rings. The molecule has 6 heteroatoms. The van der Waals surface area contributed by atoms with Gasteiger partial charge in [0.1, 0.15) is 0 Å². The Kier molecular flexibility index (Phi) is 5.28. The Morgan fingerprint density at radius 2 is 1.91 bits per heavy atom. The van der Waals surface area contributed by atoms with Crippen LogP contribution in [0.5, 0.6) is 0 Å². The summed E-state index contributed by atoms with van der Waals surface area (Å²) in [6, 6.07) is 6.17. The topological polar surface area (TPSA) is 107 Å². The van der Waals surface area contributed by atoms with Gasteiger partial charge in [-0.1, -0.05) is 17.2 Å². The Hall–Kier alpha value is -2.47. The molecule has 0 saturated heterocycles. The number of rotatable bonds is 6. The number of carbonyl (C=O) groups is 1. The van der Waals surface area contributed by atoms with Crippen LogP contribution in [-0.4, -0.2) is 28.5 Å². The van der Waals surface area contributed by atoms with Crippen LogP contribution < -0.4 is 16.8 Å². The van der Waals surface area contributed by atoms with Crippen LogP contribution in [0.4, 0.5) is 5.95 Å². The average Bonchev–Trinajstić information content (AvgIpc) is 2.46. The minimum absolute atomic E-state index is 0.145. The summed E-state index contributed by atoms with van der Waals surface area (Å²) in [6.45, 7) is 6.60. The molecule has 1 heterocycles. The summed E-state index contributed by atoms with van der Waals surface area (Å²) < 4.78 is 0. The van der Waals surface area contributed by atoms with Crippen molar-refractivity contribution in [3.8, 4) is 11.3 Å². The van der Waals surface area contributed by atoms with Crippen molar-refractivity contribution >= 4 is 11.9 Å². The van der Waals surface area contributed by atoms with Gasteiger partial charge in [-0.3, -0.25) is 4.79 Å². The number of nitrogens with two attached hydrogens (primary N) is 2. The third-order valence-electron chi connectivity index (χ3n) is 3.52. The molecule has 0 saturated carbocycles. The molecule has 0 aliphatic heterocycles. The fraction of sp³-hybridized carbons (Fsp3) is 0.353. The summed E-state index contributed by atoms with van der Waals surface area (Å²) in [5.41, 5.74) is 14.9. The van der Waals surface area contributed by atoms with Gasteiger partial charge < -0.3 is 16.8 Å². The minimum atomic E-state index is -0.541. The number of aromatic nitrogens is 2. The van der Waals surface area contributed by atoms with Gasteiger partial charge in [0.2, 0.25) is 5.95 Å². The van der Waals surface area contributed by atoms with E-state index in [1.807, 2.05) is 32.9 Å². The molecule has 1 atom stereocenters. The third-order valence-corrected chi connectivity index (χ3v) is 3.52. The molecule has 0 spiro atoms. The normalized spacial score (nSPS) is 12.0. The first kappa shape index (κ1) is 16.9. The fourth-order valence-corrected chi connectivity index (χ4v) is 2.51. The van der Waals surface area contributed by atoms with E-state index in [0.29, 0.717) is 23.8 Å². The lowest BCUT2D eigenvalue weighted by Crippen LogP contribution is -2.22. The van der Waals surface area contributed by atoms with Gasteiger partial charge in [-0.05, 0) is 45.9 Å². The number of benzene rings is 1. The minimum Gasteiger partial charge on any atom is -0.365 e. The van der Waals surface area contributed by atoms with Crippen LogP contribution in [-0.2, 0) is 0 Å². The van der Waals surface area contributed by atoms with E-state index < -0.39 is 5.91 Å². The van der Waals surface area contributed by atoms with Gasteiger partial charge in [0.05, 0.1) is 11.3 Å². The molecule has 0 fully saturated rings. The van der Waals surface area contributed by atoms with Gasteiger partial charge in [-0.15, -0.1) is 0 Å². The lowest BCUT2D eigenvalue weighted by Gasteiger charge is -2.15. The first-order valence-electron chi connectivity index (χ1n) is 7.63. The Morgan fingerprint density at radius 3 is 2.48 bits per heavy atom. The van der Waals surface area contributed by atoms with Crippen LogP contribution in [0.1, 0.15) is 34.8 Å². The molecule has 122 valence electrons. The lowest BCUT2D eigenvalue weighted by molar-refractivity contribution is 0.100. The van der Waals surface area contributed by atoms with Crippen LogP contribution in [0.15, 0.2) is 24.4 Å². The molecule has 0 bridgehead atoms. The Bertz CT molecular complexity index is 694. The number of aryl methyl sites for hydroxylation is 2. The summed E-state index contributed by atoms with van der Waals surface area (Å²) >= 11 is 0. The van der Waals surface area contributed by atoms with Crippen molar-refractivity contribution < 1.29 is 4.79 Å². The quantitative estimate of drug-likeness (QED) is 0.756. The molecule has 2 rings (SSSR count). The van der Waals surface area contributed by atoms with Crippen LogP contribution >= 0.6 is 0 Å². The zero-order valence-corrected chi connectivity index (χ0v) is 13.8. The maximum atomic E-state index is 11.7. The van der Waals surface area contributed by atoms with Crippen molar-refractivity contribution in [2.75, 3.05) is 11.9 Å². The molecule has 1 aromatic carbocycles. The number of primary amides is 1. The van der Waals surface area contributed by atoms with Crippen molar-refractivity contribution in [3.05, 3.63) is 41.1 Å². The number of nitrogens with zero attached hydrogens (tertiary/aromatic N) is 2. The molecule has 1 aromatic heterocycles. The van der Waals surface area contributed by atoms with Gasteiger partial charge in [0.15, 0.2) is 0 Å². The Labute approximate surface area is 136 Å². The molecule has 23 heavy (non-hydrogen) atoms. The maximum absolute atomic E-state index is 11.7. The third kappa shape index (κ3) is 4.26. The predicted octanol–water partition coefficient (Wildman–Crippen LogP) is 2.01. The van der Waals surface area contributed by atoms with E-state index in [2.05, 4.69) is 21.4 Å². The van der Waals surface area contributed by atoms with Crippen molar-refractivity contribution in [2.24, 2.45) is 11.5 Å².